The zero-order chi connectivity index (χ0) is 29.6. The molecule has 8 nitrogen and oxygen atoms in total. The molecule has 0 aliphatic carbocycles. The lowest BCUT2D eigenvalue weighted by atomic mass is 10.1. The van der Waals surface area contributed by atoms with Gasteiger partial charge >= 0.3 is 6.18 Å². The predicted molar refractivity (Wildman–Crippen MR) is 153 cm³/mol. The molecule has 12 heteroatoms. The van der Waals surface area contributed by atoms with E-state index in [2.05, 4.69) is 27.6 Å². The van der Waals surface area contributed by atoms with E-state index in [1.807, 2.05) is 27.7 Å². The predicted octanol–water partition coefficient (Wildman–Crippen LogP) is 6.49. The first kappa shape index (κ1) is 30.2. The number of rotatable bonds is 8. The molecule has 0 atom stereocenters. The topological polar surface area (TPSA) is 102 Å². The molecule has 3 rings (SSSR count). The summed E-state index contributed by atoms with van der Waals surface area (Å²) in [5.41, 5.74) is 1.23. The number of nitrogens with zero attached hydrogens (tertiary/aromatic N) is 3. The van der Waals surface area contributed by atoms with Crippen molar-refractivity contribution in [2.45, 2.75) is 46.7 Å². The van der Waals surface area contributed by atoms with Crippen molar-refractivity contribution in [2.24, 2.45) is 5.10 Å². The molecule has 1 heterocycles. The number of carbonyl (C=O) groups excluding carboxylic acids is 1. The first-order valence-corrected chi connectivity index (χ1v) is 12.8. The minimum absolute atomic E-state index is 0.00679. The van der Waals surface area contributed by atoms with E-state index in [-0.39, 0.29) is 22.5 Å². The number of carbonyl (C=O) groups is 1. The molecule has 0 aromatic heterocycles. The summed E-state index contributed by atoms with van der Waals surface area (Å²) in [6.45, 7) is 11.9. The average Bonchev–Trinajstić information content (AvgIpc) is 2.88. The molecular formula is C28H29F3N6O2S. The molecule has 1 aliphatic rings. The molecule has 3 N–H and O–H groups in total. The van der Waals surface area contributed by atoms with Gasteiger partial charge in [-0.2, -0.15) is 18.4 Å². The smallest absolute Gasteiger partial charge is 0.417 e. The molecular weight excluding hydrogens is 541 g/mol. The third-order valence-corrected chi connectivity index (χ3v) is 5.87. The molecule has 210 valence electrons. The Hall–Kier alpha value is -4.37. The lowest BCUT2D eigenvalue weighted by Gasteiger charge is -2.30. The van der Waals surface area contributed by atoms with Gasteiger partial charge in [0, 0.05) is 17.1 Å². The number of hydrogen-bond donors (Lipinski definition) is 3. The highest BCUT2D eigenvalue weighted by Crippen LogP contribution is 2.34. The monoisotopic (exact) mass is 570 g/mol. The van der Waals surface area contributed by atoms with Gasteiger partial charge in [0.1, 0.15) is 11.4 Å². The largest absolute Gasteiger partial charge is 0.493 e. The van der Waals surface area contributed by atoms with Crippen LogP contribution in [0.25, 0.3) is 0 Å². The van der Waals surface area contributed by atoms with Gasteiger partial charge in [0.05, 0.1) is 29.4 Å². The van der Waals surface area contributed by atoms with Gasteiger partial charge in [-0.3, -0.25) is 4.79 Å². The molecule has 0 spiro atoms. The van der Waals surface area contributed by atoms with Gasteiger partial charge in [-0.25, -0.2) is 5.01 Å². The standard InChI is InChI=1S/C28H29F3N6O2S/c1-6-8-17(5)37-24(16(3)4)26(38)35-25(36-37)21-13-19(11-12-23(21)39-7-2)33-27(40)34-20-10-9-18(15-32)22(14-20)28(29,30)31/h9-14H,5-8H2,1-4H3,(H2,33,34,40)(H,35,36,38). The molecule has 0 fully saturated rings. The van der Waals surface area contributed by atoms with Crippen molar-refractivity contribution in [2.75, 3.05) is 17.2 Å². The molecule has 0 bridgehead atoms. The fraction of sp³-hybridized carbons (Fsp3) is 0.286. The maximum Gasteiger partial charge on any atom is 0.417 e. The number of hydrogen-bond acceptors (Lipinski definition) is 6. The number of nitriles is 1. The third-order valence-electron chi connectivity index (χ3n) is 5.67. The molecule has 2 aromatic rings. The van der Waals surface area contributed by atoms with Crippen molar-refractivity contribution in [3.8, 4) is 11.8 Å². The van der Waals surface area contributed by atoms with Crippen molar-refractivity contribution in [1.82, 2.24) is 10.3 Å². The van der Waals surface area contributed by atoms with Crippen LogP contribution in [0.3, 0.4) is 0 Å². The van der Waals surface area contributed by atoms with Gasteiger partial charge in [0.25, 0.3) is 5.91 Å². The number of amidine groups is 1. The van der Waals surface area contributed by atoms with Gasteiger partial charge in [0.2, 0.25) is 0 Å². The number of alkyl halides is 3. The van der Waals surface area contributed by atoms with Crippen molar-refractivity contribution in [3.63, 3.8) is 0 Å². The van der Waals surface area contributed by atoms with Crippen LogP contribution in [0.2, 0.25) is 0 Å². The van der Waals surface area contributed by atoms with Crippen LogP contribution in [0.15, 0.2) is 65.0 Å². The highest BCUT2D eigenvalue weighted by molar-refractivity contribution is 7.80. The molecule has 40 heavy (non-hydrogen) atoms. The number of allylic oxidation sites excluding steroid dienone is 2. The van der Waals surface area contributed by atoms with E-state index in [1.54, 1.807) is 24.3 Å². The first-order valence-electron chi connectivity index (χ1n) is 12.4. The Balaban J connectivity index is 1.95. The Morgan fingerprint density at radius 1 is 1.18 bits per heavy atom. The minimum atomic E-state index is -4.70. The number of anilines is 2. The van der Waals surface area contributed by atoms with Crippen molar-refractivity contribution in [1.29, 1.82) is 5.26 Å². The number of ether oxygens (including phenoxy) is 1. The second-order valence-electron chi connectivity index (χ2n) is 8.97. The van der Waals surface area contributed by atoms with Crippen LogP contribution in [-0.2, 0) is 11.0 Å². The Labute approximate surface area is 236 Å². The number of benzene rings is 2. The Kier molecular flexibility index (Phi) is 9.55. The number of thiocarbonyl (C=S) groups is 1. The van der Waals surface area contributed by atoms with Crippen LogP contribution in [0.1, 0.15) is 57.2 Å². The maximum atomic E-state index is 13.3. The molecule has 0 radical (unpaired) electrons. The van der Waals surface area contributed by atoms with Crippen LogP contribution in [0, 0.1) is 11.3 Å². The number of halogens is 3. The summed E-state index contributed by atoms with van der Waals surface area (Å²) < 4.78 is 45.8. The fourth-order valence-corrected chi connectivity index (χ4v) is 4.18. The number of nitrogens with one attached hydrogen (secondary N) is 3. The van der Waals surface area contributed by atoms with E-state index in [1.165, 1.54) is 11.1 Å². The molecule has 0 saturated carbocycles. The summed E-state index contributed by atoms with van der Waals surface area (Å²) >= 11 is 5.32. The van der Waals surface area contributed by atoms with Crippen molar-refractivity contribution < 1.29 is 22.7 Å². The van der Waals surface area contributed by atoms with E-state index in [4.69, 9.17) is 22.2 Å². The molecule has 1 amide bonds. The molecule has 2 aromatic carbocycles. The second-order valence-corrected chi connectivity index (χ2v) is 9.38. The fourth-order valence-electron chi connectivity index (χ4n) is 3.94. The summed E-state index contributed by atoms with van der Waals surface area (Å²) in [4.78, 5) is 13.1. The quantitative estimate of drug-likeness (QED) is 0.246. The van der Waals surface area contributed by atoms with Gasteiger partial charge in [-0.05, 0) is 81.4 Å². The van der Waals surface area contributed by atoms with E-state index >= 15 is 0 Å². The Bertz CT molecular complexity index is 1440. The third kappa shape index (κ3) is 6.98. The average molecular weight is 571 g/mol. The minimum Gasteiger partial charge on any atom is -0.493 e. The Morgan fingerprint density at radius 2 is 1.82 bits per heavy atom. The maximum absolute atomic E-state index is 13.3. The van der Waals surface area contributed by atoms with Crippen LogP contribution in [-0.4, -0.2) is 28.5 Å². The lowest BCUT2D eigenvalue weighted by molar-refractivity contribution is -0.137. The zero-order valence-electron chi connectivity index (χ0n) is 22.5. The zero-order valence-corrected chi connectivity index (χ0v) is 23.3. The SMILES string of the molecule is C=C(CCC)N1N=C(c2cc(NC(=S)Nc3ccc(C#N)c(C(F)(F)F)c3)ccc2OCC)NC(=O)C1=C(C)C. The van der Waals surface area contributed by atoms with Crippen molar-refractivity contribution >= 4 is 40.4 Å². The first-order chi connectivity index (χ1) is 18.9. The number of hydrazone groups is 1. The molecule has 0 saturated heterocycles. The van der Waals surface area contributed by atoms with Gasteiger partial charge in [-0.15, -0.1) is 5.10 Å². The Morgan fingerprint density at radius 3 is 2.40 bits per heavy atom. The van der Waals surface area contributed by atoms with Crippen molar-refractivity contribution in [3.05, 3.63) is 76.6 Å². The normalized spacial score (nSPS) is 13.2. The number of amides is 1. The van der Waals surface area contributed by atoms with E-state index in [0.29, 0.717) is 41.4 Å². The van der Waals surface area contributed by atoms with Gasteiger partial charge in [0.15, 0.2) is 10.9 Å². The summed E-state index contributed by atoms with van der Waals surface area (Å²) in [5, 5.41) is 23.7. The second kappa shape index (κ2) is 12.7. The highest BCUT2D eigenvalue weighted by Gasteiger charge is 2.34. The lowest BCUT2D eigenvalue weighted by Crippen LogP contribution is -2.43. The van der Waals surface area contributed by atoms with E-state index in [0.717, 1.165) is 24.1 Å². The summed E-state index contributed by atoms with van der Waals surface area (Å²) in [6, 6.07) is 9.77. The van der Waals surface area contributed by atoms with Crippen LogP contribution in [0.4, 0.5) is 24.5 Å². The summed E-state index contributed by atoms with van der Waals surface area (Å²) in [6.07, 6.45) is -3.25. The summed E-state index contributed by atoms with van der Waals surface area (Å²) in [7, 11) is 0. The molecule has 1 aliphatic heterocycles. The summed E-state index contributed by atoms with van der Waals surface area (Å²) in [5.74, 6) is 0.344. The van der Waals surface area contributed by atoms with Gasteiger partial charge in [-0.1, -0.05) is 19.9 Å². The van der Waals surface area contributed by atoms with Crippen LogP contribution in [0.5, 0.6) is 5.75 Å². The van der Waals surface area contributed by atoms with Crippen LogP contribution < -0.4 is 20.7 Å². The van der Waals surface area contributed by atoms with E-state index < -0.39 is 17.3 Å². The van der Waals surface area contributed by atoms with Gasteiger partial charge < -0.3 is 20.7 Å². The van der Waals surface area contributed by atoms with E-state index in [9.17, 15) is 18.0 Å². The van der Waals surface area contributed by atoms with Crippen LogP contribution >= 0.6 is 12.2 Å². The highest BCUT2D eigenvalue weighted by atomic mass is 32.1. The molecule has 0 unspecified atom stereocenters.